The number of aliphatic hydroxyl groups excluding tert-OH is 2. The number of hydrogen-bond acceptors (Lipinski definition) is 2. The fourth-order valence-electron chi connectivity index (χ4n) is 6.94. The summed E-state index contributed by atoms with van der Waals surface area (Å²) in [6.45, 7) is 0. The summed E-state index contributed by atoms with van der Waals surface area (Å²) >= 11 is 0. The van der Waals surface area contributed by atoms with Gasteiger partial charge in [-0.3, -0.25) is 0 Å². The lowest BCUT2D eigenvalue weighted by atomic mass is 10.2. The Bertz CT molecular complexity index is 1390. The van der Waals surface area contributed by atoms with E-state index in [2.05, 4.69) is 146 Å². The van der Waals surface area contributed by atoms with E-state index in [1.165, 1.54) is 31.1 Å². The van der Waals surface area contributed by atoms with E-state index in [9.17, 15) is 10.2 Å². The lowest BCUT2D eigenvalue weighted by Gasteiger charge is -2.39. The van der Waals surface area contributed by atoms with Gasteiger partial charge in [0, 0.05) is 0 Å². The van der Waals surface area contributed by atoms with Crippen molar-refractivity contribution in [2.75, 3.05) is 0 Å². The van der Waals surface area contributed by atoms with Gasteiger partial charge >= 0.3 is 0 Å². The van der Waals surface area contributed by atoms with Gasteiger partial charge in [-0.25, -0.2) is 0 Å². The molecule has 0 saturated carbocycles. The fraction of sp³-hybridized carbons (Fsp3) is 0.100. The highest BCUT2D eigenvalue weighted by Gasteiger charge is 2.46. The van der Waals surface area contributed by atoms with E-state index in [4.69, 9.17) is 0 Å². The Hall–Kier alpha value is -4.33. The fourth-order valence-corrected chi connectivity index (χ4v) is 16.7. The van der Waals surface area contributed by atoms with Crippen LogP contribution in [0.1, 0.15) is 0 Å². The second-order valence-electron chi connectivity index (χ2n) is 11.5. The Morgan fingerprint density at radius 3 is 0.614 bits per heavy atom. The number of hydrogen-bond donors (Lipinski definition) is 2. The van der Waals surface area contributed by atoms with Gasteiger partial charge in [-0.1, -0.05) is 182 Å². The molecular formula is C40H38O2Si2. The number of rotatable bonds is 11. The molecule has 0 aliphatic carbocycles. The third-order valence-electron chi connectivity index (χ3n) is 9.07. The summed E-state index contributed by atoms with van der Waals surface area (Å²) in [4.78, 5) is 0. The van der Waals surface area contributed by atoms with Gasteiger partial charge in [0.2, 0.25) is 0 Å². The summed E-state index contributed by atoms with van der Waals surface area (Å²) in [5.74, 6) is 0. The van der Waals surface area contributed by atoms with E-state index in [1.54, 1.807) is 0 Å². The second kappa shape index (κ2) is 13.5. The topological polar surface area (TPSA) is 40.5 Å². The van der Waals surface area contributed by atoms with Gasteiger partial charge in [0.15, 0.2) is 16.1 Å². The molecule has 0 saturated heterocycles. The van der Waals surface area contributed by atoms with E-state index < -0.39 is 28.4 Å². The van der Waals surface area contributed by atoms with Crippen LogP contribution >= 0.6 is 0 Å². The van der Waals surface area contributed by atoms with E-state index in [0.717, 1.165) is 0 Å². The van der Waals surface area contributed by atoms with Crippen molar-refractivity contribution in [3.63, 3.8) is 0 Å². The lowest BCUT2D eigenvalue weighted by molar-refractivity contribution is 0.0429. The lowest BCUT2D eigenvalue weighted by Crippen LogP contribution is -2.70. The van der Waals surface area contributed by atoms with Crippen molar-refractivity contribution in [1.82, 2.24) is 0 Å². The van der Waals surface area contributed by atoms with Crippen molar-refractivity contribution in [3.05, 3.63) is 182 Å². The Labute approximate surface area is 263 Å². The molecule has 0 aliphatic heterocycles. The maximum absolute atomic E-state index is 12.2. The zero-order valence-corrected chi connectivity index (χ0v) is 26.8. The van der Waals surface area contributed by atoms with Gasteiger partial charge in [-0.15, -0.1) is 0 Å². The first-order chi connectivity index (χ1) is 21.6. The average Bonchev–Trinajstić information content (AvgIpc) is 3.11. The molecule has 6 aromatic rings. The minimum atomic E-state index is -2.76. The number of benzene rings is 6. The van der Waals surface area contributed by atoms with Crippen LogP contribution in [-0.4, -0.2) is 38.6 Å². The molecule has 0 radical (unpaired) electrons. The van der Waals surface area contributed by atoms with Crippen molar-refractivity contribution >= 4 is 47.3 Å². The van der Waals surface area contributed by atoms with Gasteiger partial charge in [-0.2, -0.15) is 0 Å². The van der Waals surface area contributed by atoms with Crippen molar-refractivity contribution < 1.29 is 10.2 Å². The quantitative estimate of drug-likeness (QED) is 0.173. The monoisotopic (exact) mass is 606 g/mol. The van der Waals surface area contributed by atoms with Gasteiger partial charge in [-0.05, 0) is 43.2 Å². The normalized spacial score (nSPS) is 13.2. The highest BCUT2D eigenvalue weighted by atomic mass is 28.3. The first-order valence-electron chi connectivity index (χ1n) is 15.3. The highest BCUT2D eigenvalue weighted by Crippen LogP contribution is 2.23. The summed E-state index contributed by atoms with van der Waals surface area (Å²) in [5, 5.41) is 31.8. The van der Waals surface area contributed by atoms with E-state index in [1.807, 2.05) is 36.4 Å². The predicted octanol–water partition coefficient (Wildman–Crippen LogP) is 4.05. The molecular weight excluding hydrogens is 569 g/mol. The van der Waals surface area contributed by atoms with Crippen LogP contribution in [0.3, 0.4) is 0 Å². The molecule has 44 heavy (non-hydrogen) atoms. The van der Waals surface area contributed by atoms with Crippen LogP contribution in [0.5, 0.6) is 0 Å². The summed E-state index contributed by atoms with van der Waals surface area (Å²) in [5.41, 5.74) is 0. The van der Waals surface area contributed by atoms with Crippen LogP contribution in [-0.2, 0) is 0 Å². The highest BCUT2D eigenvalue weighted by molar-refractivity contribution is 7.12. The van der Waals surface area contributed by atoms with Crippen molar-refractivity contribution in [1.29, 1.82) is 0 Å². The van der Waals surface area contributed by atoms with Crippen LogP contribution in [0, 0.1) is 0 Å². The number of aliphatic hydroxyl groups is 2. The smallest absolute Gasteiger partial charge is 0.150 e. The van der Waals surface area contributed by atoms with Crippen LogP contribution in [0.4, 0.5) is 0 Å². The molecule has 6 rings (SSSR count). The van der Waals surface area contributed by atoms with Crippen LogP contribution in [0.15, 0.2) is 182 Å². The molecule has 0 spiro atoms. The standard InChI is InChI=1S/C40H38O2Si2/c41-39(31-43(33-19-7-1-8-20-33,34-21-9-2-10-22-34)35-23-11-3-12-24-35)40(42)32-44(36-25-13-4-14-26-36,37-27-15-5-16-28-37)38-29-17-6-18-30-38/h1-30,39-42H,31-32H2/t39-,40-/m0/s1. The van der Waals surface area contributed by atoms with Crippen LogP contribution < -0.4 is 31.1 Å². The summed E-state index contributed by atoms with van der Waals surface area (Å²) in [7, 11) is -5.51. The van der Waals surface area contributed by atoms with Gasteiger partial charge in [0.1, 0.15) is 0 Å². The molecule has 0 unspecified atom stereocenters. The zero-order valence-electron chi connectivity index (χ0n) is 24.8. The summed E-state index contributed by atoms with van der Waals surface area (Å²) < 4.78 is 0. The Morgan fingerprint density at radius 2 is 0.455 bits per heavy atom. The van der Waals surface area contributed by atoms with Crippen LogP contribution in [0.2, 0.25) is 12.1 Å². The third kappa shape index (κ3) is 5.77. The third-order valence-corrected chi connectivity index (χ3v) is 19.0. The summed E-state index contributed by atoms with van der Waals surface area (Å²) in [6, 6.07) is 64.6. The molecule has 0 amide bonds. The SMILES string of the molecule is O[C@@H](C[Si](c1ccccc1)(c1ccccc1)c1ccccc1)[C@@H](O)C[Si](c1ccccc1)(c1ccccc1)c1ccccc1. The molecule has 6 aromatic carbocycles. The van der Waals surface area contributed by atoms with Gasteiger partial charge in [0.05, 0.1) is 12.2 Å². The first-order valence-corrected chi connectivity index (χ1v) is 19.8. The molecule has 0 aliphatic rings. The van der Waals surface area contributed by atoms with Crippen molar-refractivity contribution in [3.8, 4) is 0 Å². The van der Waals surface area contributed by atoms with Crippen molar-refractivity contribution in [2.45, 2.75) is 24.3 Å². The molecule has 0 fully saturated rings. The maximum atomic E-state index is 12.2. The Morgan fingerprint density at radius 1 is 0.295 bits per heavy atom. The van der Waals surface area contributed by atoms with Gasteiger partial charge in [0.25, 0.3) is 0 Å². The minimum absolute atomic E-state index is 0.467. The Balaban J connectivity index is 1.48. The predicted molar refractivity (Wildman–Crippen MR) is 190 cm³/mol. The largest absolute Gasteiger partial charge is 0.391 e. The first kappa shape index (κ1) is 29.7. The molecule has 0 bridgehead atoms. The second-order valence-corrected chi connectivity index (χ2v) is 19.5. The zero-order chi connectivity index (χ0) is 30.2. The minimum Gasteiger partial charge on any atom is -0.391 e. The van der Waals surface area contributed by atoms with Crippen LogP contribution in [0.25, 0.3) is 0 Å². The van der Waals surface area contributed by atoms with E-state index in [-0.39, 0.29) is 0 Å². The molecule has 2 atom stereocenters. The molecule has 4 heteroatoms. The molecule has 2 nitrogen and oxygen atoms in total. The molecule has 218 valence electrons. The van der Waals surface area contributed by atoms with E-state index in [0.29, 0.717) is 12.1 Å². The molecule has 0 aromatic heterocycles. The molecule has 0 heterocycles. The van der Waals surface area contributed by atoms with E-state index >= 15 is 0 Å². The summed E-state index contributed by atoms with van der Waals surface area (Å²) in [6.07, 6.45) is -1.88. The van der Waals surface area contributed by atoms with Crippen molar-refractivity contribution in [2.24, 2.45) is 0 Å². The van der Waals surface area contributed by atoms with Gasteiger partial charge < -0.3 is 10.2 Å². The Kier molecular flexibility index (Phi) is 9.15. The molecule has 2 N–H and O–H groups in total. The maximum Gasteiger partial charge on any atom is 0.150 e. The average molecular weight is 607 g/mol.